The first kappa shape index (κ1) is 17.2. The SMILES string of the molecule is O=C(CCl)N(N=Cc1ccccc1Cl)SC(Cl)(Cl)Cl. The number of hydrogen-bond acceptors (Lipinski definition) is 3. The zero-order chi connectivity index (χ0) is 14.5. The lowest BCUT2D eigenvalue weighted by Crippen LogP contribution is -2.23. The second kappa shape index (κ2) is 7.81. The fourth-order valence-electron chi connectivity index (χ4n) is 0.982. The summed E-state index contributed by atoms with van der Waals surface area (Å²) in [6, 6.07) is 6.98. The Morgan fingerprint density at radius 2 is 2.00 bits per heavy atom. The van der Waals surface area contributed by atoms with Crippen LogP contribution in [0.1, 0.15) is 5.56 Å². The van der Waals surface area contributed by atoms with Crippen molar-refractivity contribution in [1.82, 2.24) is 4.41 Å². The van der Waals surface area contributed by atoms with Gasteiger partial charge in [-0.05, 0) is 6.07 Å². The summed E-state index contributed by atoms with van der Waals surface area (Å²) in [5, 5.41) is 4.40. The molecule has 0 aromatic heterocycles. The molecular formula is C10H7Cl5N2OS. The first-order chi connectivity index (χ1) is 8.83. The van der Waals surface area contributed by atoms with E-state index in [1.165, 1.54) is 6.21 Å². The van der Waals surface area contributed by atoms with Gasteiger partial charge in [0.2, 0.25) is 0 Å². The van der Waals surface area contributed by atoms with Crippen LogP contribution in [0.25, 0.3) is 0 Å². The second-order valence-corrected chi connectivity index (χ2v) is 7.87. The van der Waals surface area contributed by atoms with Crippen LogP contribution in [0, 0.1) is 0 Å². The molecule has 1 aromatic rings. The molecule has 0 N–H and O–H groups in total. The molecule has 0 aliphatic carbocycles. The zero-order valence-electron chi connectivity index (χ0n) is 9.19. The molecule has 0 spiro atoms. The summed E-state index contributed by atoms with van der Waals surface area (Å²) >= 11 is 28.8. The van der Waals surface area contributed by atoms with Crippen molar-refractivity contribution in [2.45, 2.75) is 3.12 Å². The lowest BCUT2D eigenvalue weighted by atomic mass is 10.2. The maximum Gasteiger partial charge on any atom is 0.268 e. The first-order valence-electron chi connectivity index (χ1n) is 4.77. The van der Waals surface area contributed by atoms with Crippen LogP contribution in [0.15, 0.2) is 29.4 Å². The van der Waals surface area contributed by atoms with Crippen LogP contribution < -0.4 is 0 Å². The third kappa shape index (κ3) is 6.43. The number of nitrogens with zero attached hydrogens (tertiary/aromatic N) is 2. The first-order valence-corrected chi connectivity index (χ1v) is 7.59. The molecular weight excluding hydrogens is 373 g/mol. The van der Waals surface area contributed by atoms with Gasteiger partial charge in [-0.3, -0.25) is 4.79 Å². The van der Waals surface area contributed by atoms with Crippen molar-refractivity contribution in [2.24, 2.45) is 5.10 Å². The summed E-state index contributed by atoms with van der Waals surface area (Å²) in [5.41, 5.74) is 0.626. The van der Waals surface area contributed by atoms with Crippen LogP contribution >= 0.6 is 70.0 Å². The van der Waals surface area contributed by atoms with Crippen molar-refractivity contribution in [1.29, 1.82) is 0 Å². The molecule has 1 rings (SSSR count). The smallest absolute Gasteiger partial charge is 0.268 e. The molecule has 19 heavy (non-hydrogen) atoms. The molecule has 0 unspecified atom stereocenters. The van der Waals surface area contributed by atoms with Crippen LogP contribution in [0.2, 0.25) is 5.02 Å². The lowest BCUT2D eigenvalue weighted by Gasteiger charge is -2.18. The Kier molecular flexibility index (Phi) is 7.08. The van der Waals surface area contributed by atoms with Gasteiger partial charge in [-0.15, -0.1) is 11.6 Å². The van der Waals surface area contributed by atoms with Gasteiger partial charge < -0.3 is 0 Å². The zero-order valence-corrected chi connectivity index (χ0v) is 13.8. The van der Waals surface area contributed by atoms with E-state index in [1.807, 2.05) is 0 Å². The minimum absolute atomic E-state index is 0.284. The van der Waals surface area contributed by atoms with Crippen molar-refractivity contribution in [2.75, 3.05) is 5.88 Å². The van der Waals surface area contributed by atoms with Crippen LogP contribution in [0.5, 0.6) is 0 Å². The Morgan fingerprint density at radius 1 is 1.37 bits per heavy atom. The van der Waals surface area contributed by atoms with Gasteiger partial charge in [0, 0.05) is 22.5 Å². The minimum atomic E-state index is -1.72. The molecule has 1 aromatic carbocycles. The highest BCUT2D eigenvalue weighted by Gasteiger charge is 2.28. The molecule has 0 saturated carbocycles. The van der Waals surface area contributed by atoms with Crippen molar-refractivity contribution >= 4 is 82.1 Å². The number of carbonyl (C=O) groups excluding carboxylic acids is 1. The Hall–Kier alpha value is 0.160. The Bertz CT molecular complexity index is 477. The third-order valence-corrected chi connectivity index (χ3v) is 3.60. The number of halogens is 5. The fraction of sp³-hybridized carbons (Fsp3) is 0.200. The number of amides is 1. The van der Waals surface area contributed by atoms with Gasteiger partial charge in [0.1, 0.15) is 5.88 Å². The molecule has 0 aliphatic heterocycles. The summed E-state index contributed by atoms with van der Waals surface area (Å²) in [6.45, 7) is 0. The van der Waals surface area contributed by atoms with E-state index in [0.717, 1.165) is 4.41 Å². The van der Waals surface area contributed by atoms with Crippen LogP contribution in [-0.2, 0) is 4.79 Å². The molecule has 0 radical (unpaired) electrons. The number of hydrogen-bond donors (Lipinski definition) is 0. The number of hydrazone groups is 1. The molecule has 9 heteroatoms. The molecule has 0 fully saturated rings. The largest absolute Gasteiger partial charge is 0.271 e. The van der Waals surface area contributed by atoms with Crippen molar-refractivity contribution < 1.29 is 4.79 Å². The predicted octanol–water partition coefficient (Wildman–Crippen LogP) is 4.72. The van der Waals surface area contributed by atoms with E-state index in [1.54, 1.807) is 24.3 Å². The summed E-state index contributed by atoms with van der Waals surface area (Å²) in [5.74, 6) is -0.797. The Balaban J connectivity index is 2.89. The van der Waals surface area contributed by atoms with E-state index in [-0.39, 0.29) is 5.88 Å². The second-order valence-electron chi connectivity index (χ2n) is 3.10. The predicted molar refractivity (Wildman–Crippen MR) is 84.5 cm³/mol. The number of carbonyl (C=O) groups is 1. The third-order valence-electron chi connectivity index (χ3n) is 1.72. The molecule has 3 nitrogen and oxygen atoms in total. The van der Waals surface area contributed by atoms with Gasteiger partial charge in [0.15, 0.2) is 0 Å². The van der Waals surface area contributed by atoms with Crippen molar-refractivity contribution in [3.05, 3.63) is 34.9 Å². The monoisotopic (exact) mass is 378 g/mol. The summed E-state index contributed by atoms with van der Waals surface area (Å²) in [6.07, 6.45) is 1.39. The van der Waals surface area contributed by atoms with Gasteiger partial charge in [-0.25, -0.2) is 0 Å². The number of alkyl halides is 4. The van der Waals surface area contributed by atoms with E-state index < -0.39 is 9.03 Å². The maximum absolute atomic E-state index is 11.5. The van der Waals surface area contributed by atoms with E-state index in [9.17, 15) is 4.79 Å². The summed E-state index contributed by atoms with van der Waals surface area (Å²) in [7, 11) is 0. The number of rotatable bonds is 4. The maximum atomic E-state index is 11.5. The molecule has 0 saturated heterocycles. The van der Waals surface area contributed by atoms with Crippen molar-refractivity contribution in [3.63, 3.8) is 0 Å². The topological polar surface area (TPSA) is 32.7 Å². The van der Waals surface area contributed by atoms with Crippen LogP contribution in [0.3, 0.4) is 0 Å². The minimum Gasteiger partial charge on any atom is -0.271 e. The normalized spacial score (nSPS) is 11.8. The van der Waals surface area contributed by atoms with Crippen LogP contribution in [-0.4, -0.2) is 25.5 Å². The van der Waals surface area contributed by atoms with E-state index in [4.69, 9.17) is 58.0 Å². The lowest BCUT2D eigenvalue weighted by molar-refractivity contribution is -0.123. The van der Waals surface area contributed by atoms with E-state index in [2.05, 4.69) is 5.10 Å². The van der Waals surface area contributed by atoms with Gasteiger partial charge in [0.05, 0.1) is 6.21 Å². The van der Waals surface area contributed by atoms with Gasteiger partial charge >= 0.3 is 0 Å². The van der Waals surface area contributed by atoms with Crippen molar-refractivity contribution in [3.8, 4) is 0 Å². The Labute approximate surface area is 139 Å². The van der Waals surface area contributed by atoms with Gasteiger partial charge in [-0.2, -0.15) is 9.52 Å². The highest BCUT2D eigenvalue weighted by molar-refractivity contribution is 8.03. The Morgan fingerprint density at radius 3 is 2.53 bits per heavy atom. The molecule has 0 aliphatic rings. The molecule has 0 heterocycles. The quantitative estimate of drug-likeness (QED) is 0.328. The fourth-order valence-corrected chi connectivity index (χ4v) is 2.40. The molecule has 0 atom stereocenters. The van der Waals surface area contributed by atoms with E-state index >= 15 is 0 Å². The van der Waals surface area contributed by atoms with Crippen LogP contribution in [0.4, 0.5) is 0 Å². The highest BCUT2D eigenvalue weighted by Crippen LogP contribution is 2.41. The average molecular weight is 381 g/mol. The molecule has 1 amide bonds. The number of benzene rings is 1. The van der Waals surface area contributed by atoms with Gasteiger partial charge in [0.25, 0.3) is 9.03 Å². The highest BCUT2D eigenvalue weighted by atomic mass is 35.6. The summed E-state index contributed by atoms with van der Waals surface area (Å²) < 4.78 is -0.817. The molecule has 0 bridgehead atoms. The molecule has 104 valence electrons. The average Bonchev–Trinajstić information content (AvgIpc) is 2.34. The van der Waals surface area contributed by atoms with Gasteiger partial charge in [-0.1, -0.05) is 64.6 Å². The summed E-state index contributed by atoms with van der Waals surface area (Å²) in [4.78, 5) is 11.5. The van der Waals surface area contributed by atoms with E-state index in [0.29, 0.717) is 22.5 Å². The standard InChI is InChI=1S/C10H7Cl5N2OS/c11-5-9(18)17(19-10(13,14)15)16-6-7-3-1-2-4-8(7)12/h1-4,6H,5H2.